The minimum absolute atomic E-state index is 0.157. The summed E-state index contributed by atoms with van der Waals surface area (Å²) in [5.74, 6) is 0. The summed E-state index contributed by atoms with van der Waals surface area (Å²) < 4.78 is 5.35. The first-order valence-electron chi connectivity index (χ1n) is 4.72. The molecule has 1 saturated carbocycles. The number of amides is 1. The Labute approximate surface area is 72.5 Å². The Morgan fingerprint density at radius 3 is 2.58 bits per heavy atom. The Balaban J connectivity index is 2.13. The summed E-state index contributed by atoms with van der Waals surface area (Å²) in [5, 5.41) is 2.82. The van der Waals surface area contributed by atoms with Gasteiger partial charge < -0.3 is 10.1 Å². The number of ether oxygens (including phenoxy) is 1. The summed E-state index contributed by atoms with van der Waals surface area (Å²) in [6, 6.07) is 0.199. The highest BCUT2D eigenvalue weighted by molar-refractivity contribution is 5.71. The van der Waals surface area contributed by atoms with E-state index in [1.807, 2.05) is 6.92 Å². The van der Waals surface area contributed by atoms with Crippen LogP contribution in [0.15, 0.2) is 0 Å². The third kappa shape index (κ3) is 1.08. The smallest absolute Gasteiger partial charge is 0.408 e. The van der Waals surface area contributed by atoms with Crippen LogP contribution in [0.25, 0.3) is 0 Å². The van der Waals surface area contributed by atoms with Crippen molar-refractivity contribution in [1.82, 2.24) is 5.32 Å². The lowest BCUT2D eigenvalue weighted by molar-refractivity contribution is 0.00808. The van der Waals surface area contributed by atoms with E-state index in [2.05, 4.69) is 5.32 Å². The minimum atomic E-state index is -0.232. The van der Waals surface area contributed by atoms with E-state index in [1.54, 1.807) is 0 Å². The number of rotatable bonds is 0. The number of hydrogen-bond acceptors (Lipinski definition) is 2. The van der Waals surface area contributed by atoms with Crippen LogP contribution in [0.3, 0.4) is 0 Å². The van der Waals surface area contributed by atoms with Gasteiger partial charge in [0, 0.05) is 0 Å². The third-order valence-electron chi connectivity index (χ3n) is 3.12. The van der Waals surface area contributed by atoms with Gasteiger partial charge in [-0.15, -0.1) is 0 Å². The molecule has 0 aromatic carbocycles. The van der Waals surface area contributed by atoms with Gasteiger partial charge in [0.15, 0.2) is 0 Å². The summed E-state index contributed by atoms with van der Waals surface area (Å²) >= 11 is 0. The molecule has 1 unspecified atom stereocenters. The number of alkyl carbamates (subject to hydrolysis) is 1. The number of hydrogen-bond donors (Lipinski definition) is 1. The highest BCUT2D eigenvalue weighted by Crippen LogP contribution is 2.37. The van der Waals surface area contributed by atoms with Crippen LogP contribution in [0.1, 0.15) is 39.0 Å². The van der Waals surface area contributed by atoms with Gasteiger partial charge in [-0.3, -0.25) is 0 Å². The molecule has 1 spiro atoms. The molecule has 1 atom stereocenters. The minimum Gasteiger partial charge on any atom is -0.441 e. The van der Waals surface area contributed by atoms with Crippen LogP contribution in [0.2, 0.25) is 0 Å². The first-order valence-corrected chi connectivity index (χ1v) is 4.72. The molecule has 3 nitrogen and oxygen atoms in total. The van der Waals surface area contributed by atoms with E-state index in [1.165, 1.54) is 19.3 Å². The number of carbonyl (C=O) groups excluding carboxylic acids is 1. The summed E-state index contributed by atoms with van der Waals surface area (Å²) in [6.45, 7) is 2.04. The number of carbonyl (C=O) groups is 1. The zero-order chi connectivity index (χ0) is 8.60. The Hall–Kier alpha value is -0.730. The lowest BCUT2D eigenvalue weighted by Crippen LogP contribution is -2.42. The van der Waals surface area contributed by atoms with Crippen molar-refractivity contribution in [3.63, 3.8) is 0 Å². The molecule has 0 radical (unpaired) electrons. The summed E-state index contributed by atoms with van der Waals surface area (Å²) in [6.07, 6.45) is 5.51. The molecule has 2 aliphatic rings. The molecule has 1 heterocycles. The Bertz CT molecular complexity index is 197. The monoisotopic (exact) mass is 169 g/mol. The first kappa shape index (κ1) is 7.90. The Morgan fingerprint density at radius 2 is 2.08 bits per heavy atom. The van der Waals surface area contributed by atoms with Crippen molar-refractivity contribution in [2.24, 2.45) is 0 Å². The van der Waals surface area contributed by atoms with Crippen LogP contribution in [0.4, 0.5) is 4.79 Å². The van der Waals surface area contributed by atoms with Crippen LogP contribution < -0.4 is 5.32 Å². The highest BCUT2D eigenvalue weighted by atomic mass is 16.6. The molecular formula is C9H15NO2. The van der Waals surface area contributed by atoms with Crippen molar-refractivity contribution >= 4 is 6.09 Å². The van der Waals surface area contributed by atoms with E-state index in [0.29, 0.717) is 0 Å². The molecule has 1 aliphatic heterocycles. The van der Waals surface area contributed by atoms with Crippen molar-refractivity contribution in [2.45, 2.75) is 50.7 Å². The highest BCUT2D eigenvalue weighted by Gasteiger charge is 2.46. The predicted molar refractivity (Wildman–Crippen MR) is 44.9 cm³/mol. The van der Waals surface area contributed by atoms with Gasteiger partial charge in [-0.2, -0.15) is 0 Å². The molecular weight excluding hydrogens is 154 g/mol. The average Bonchev–Trinajstić information content (AvgIpc) is 2.29. The second-order valence-corrected chi connectivity index (χ2v) is 3.88. The van der Waals surface area contributed by atoms with Crippen LogP contribution in [0.5, 0.6) is 0 Å². The molecule has 0 aromatic heterocycles. The van der Waals surface area contributed by atoms with E-state index in [0.717, 1.165) is 12.8 Å². The summed E-state index contributed by atoms with van der Waals surface area (Å²) in [7, 11) is 0. The second-order valence-electron chi connectivity index (χ2n) is 3.88. The van der Waals surface area contributed by atoms with Gasteiger partial charge in [-0.25, -0.2) is 4.79 Å². The summed E-state index contributed by atoms with van der Waals surface area (Å²) in [5.41, 5.74) is -0.157. The van der Waals surface area contributed by atoms with Gasteiger partial charge in [0.2, 0.25) is 0 Å². The molecule has 2 fully saturated rings. The van der Waals surface area contributed by atoms with Crippen LogP contribution in [0, 0.1) is 0 Å². The maximum atomic E-state index is 11.0. The SMILES string of the molecule is CC1NC(=O)OC12CCCCC2. The quantitative estimate of drug-likeness (QED) is 0.600. The predicted octanol–water partition coefficient (Wildman–Crippen LogP) is 1.82. The molecule has 1 amide bonds. The maximum Gasteiger partial charge on any atom is 0.408 e. The lowest BCUT2D eigenvalue weighted by atomic mass is 9.80. The average molecular weight is 169 g/mol. The topological polar surface area (TPSA) is 38.3 Å². The molecule has 1 saturated heterocycles. The fourth-order valence-electron chi connectivity index (χ4n) is 2.30. The summed E-state index contributed by atoms with van der Waals surface area (Å²) in [4.78, 5) is 11.0. The van der Waals surface area contributed by atoms with E-state index in [9.17, 15) is 4.79 Å². The molecule has 0 aromatic rings. The lowest BCUT2D eigenvalue weighted by Gasteiger charge is -2.34. The molecule has 0 bridgehead atoms. The van der Waals surface area contributed by atoms with Crippen molar-refractivity contribution in [2.75, 3.05) is 0 Å². The van der Waals surface area contributed by atoms with Gasteiger partial charge in [0.1, 0.15) is 5.60 Å². The van der Waals surface area contributed by atoms with E-state index in [4.69, 9.17) is 4.74 Å². The van der Waals surface area contributed by atoms with Crippen molar-refractivity contribution in [3.8, 4) is 0 Å². The van der Waals surface area contributed by atoms with Crippen molar-refractivity contribution in [1.29, 1.82) is 0 Å². The Morgan fingerprint density at radius 1 is 1.42 bits per heavy atom. The van der Waals surface area contributed by atoms with E-state index in [-0.39, 0.29) is 17.7 Å². The third-order valence-corrected chi connectivity index (χ3v) is 3.12. The fraction of sp³-hybridized carbons (Fsp3) is 0.889. The van der Waals surface area contributed by atoms with Gasteiger partial charge >= 0.3 is 6.09 Å². The molecule has 1 aliphatic carbocycles. The van der Waals surface area contributed by atoms with Gasteiger partial charge in [0.25, 0.3) is 0 Å². The fourth-order valence-corrected chi connectivity index (χ4v) is 2.30. The molecule has 3 heteroatoms. The zero-order valence-electron chi connectivity index (χ0n) is 7.43. The van der Waals surface area contributed by atoms with E-state index < -0.39 is 0 Å². The molecule has 2 rings (SSSR count). The van der Waals surface area contributed by atoms with E-state index >= 15 is 0 Å². The number of nitrogens with one attached hydrogen (secondary N) is 1. The first-order chi connectivity index (χ1) is 5.73. The largest absolute Gasteiger partial charge is 0.441 e. The zero-order valence-corrected chi connectivity index (χ0v) is 7.43. The van der Waals surface area contributed by atoms with Gasteiger partial charge in [-0.05, 0) is 32.6 Å². The van der Waals surface area contributed by atoms with Gasteiger partial charge in [-0.1, -0.05) is 6.42 Å². The van der Waals surface area contributed by atoms with Gasteiger partial charge in [0.05, 0.1) is 6.04 Å². The van der Waals surface area contributed by atoms with Crippen molar-refractivity contribution < 1.29 is 9.53 Å². The molecule has 1 N–H and O–H groups in total. The second kappa shape index (κ2) is 2.64. The standard InChI is InChI=1S/C9H15NO2/c1-7-9(12-8(11)10-7)5-3-2-4-6-9/h7H,2-6H2,1H3,(H,10,11). The molecule has 12 heavy (non-hydrogen) atoms. The normalized spacial score (nSPS) is 33.1. The van der Waals surface area contributed by atoms with Crippen LogP contribution >= 0.6 is 0 Å². The van der Waals surface area contributed by atoms with Crippen LogP contribution in [-0.2, 0) is 4.74 Å². The van der Waals surface area contributed by atoms with Crippen molar-refractivity contribution in [3.05, 3.63) is 0 Å². The van der Waals surface area contributed by atoms with Crippen LogP contribution in [-0.4, -0.2) is 17.7 Å². The Kier molecular flexibility index (Phi) is 1.74. The molecule has 68 valence electrons. The maximum absolute atomic E-state index is 11.0.